The molecule has 158 valence electrons. The fraction of sp³-hybridized carbons (Fsp3) is 0.308. The fourth-order valence-electron chi connectivity index (χ4n) is 4.69. The van der Waals surface area contributed by atoms with Crippen molar-refractivity contribution in [2.75, 3.05) is 0 Å². The predicted molar refractivity (Wildman–Crippen MR) is 127 cm³/mol. The molecule has 5 heteroatoms. The van der Waals surface area contributed by atoms with Gasteiger partial charge in [-0.25, -0.2) is 4.98 Å². The van der Waals surface area contributed by atoms with Gasteiger partial charge in [-0.05, 0) is 38.3 Å². The van der Waals surface area contributed by atoms with Crippen LogP contribution >= 0.6 is 11.8 Å². The highest BCUT2D eigenvalue weighted by atomic mass is 32.2. The van der Waals surface area contributed by atoms with Crippen LogP contribution in [-0.4, -0.2) is 20.3 Å². The van der Waals surface area contributed by atoms with E-state index in [2.05, 4.69) is 23.4 Å². The molecule has 1 fully saturated rings. The van der Waals surface area contributed by atoms with Crippen LogP contribution in [0, 0.1) is 13.8 Å². The first-order valence-electron chi connectivity index (χ1n) is 11.0. The molecule has 1 aliphatic carbocycles. The number of aryl methyl sites for hydroxylation is 1. The number of para-hydroxylation sites is 1. The van der Waals surface area contributed by atoms with E-state index in [4.69, 9.17) is 4.98 Å². The first-order chi connectivity index (χ1) is 15.1. The molecule has 0 bridgehead atoms. The SMILES string of the molecule is Cc1nc(SC(C(=O)c2c[nH]c3ccccc23)c2ccccc2)n(C2CCCC2)c1C. The average Bonchev–Trinajstić information content (AvgIpc) is 3.52. The lowest BCUT2D eigenvalue weighted by molar-refractivity contribution is 0.0991. The molecule has 0 amide bonds. The van der Waals surface area contributed by atoms with E-state index in [0.717, 1.165) is 32.9 Å². The van der Waals surface area contributed by atoms with Gasteiger partial charge >= 0.3 is 0 Å². The number of imidazole rings is 1. The summed E-state index contributed by atoms with van der Waals surface area (Å²) in [5, 5.41) is 1.59. The number of nitrogens with zero attached hydrogens (tertiary/aromatic N) is 2. The highest BCUT2D eigenvalue weighted by Gasteiger charge is 2.30. The Bertz CT molecular complexity index is 1220. The molecule has 0 aliphatic heterocycles. The third kappa shape index (κ3) is 3.72. The van der Waals surface area contributed by atoms with Crippen molar-refractivity contribution in [3.63, 3.8) is 0 Å². The molecular weight excluding hydrogens is 402 g/mol. The van der Waals surface area contributed by atoms with Gasteiger partial charge in [0.05, 0.1) is 5.69 Å². The van der Waals surface area contributed by atoms with Crippen molar-refractivity contribution in [2.24, 2.45) is 0 Å². The summed E-state index contributed by atoms with van der Waals surface area (Å²) < 4.78 is 2.39. The third-order valence-corrected chi connectivity index (χ3v) is 7.68. The van der Waals surface area contributed by atoms with Gasteiger partial charge in [0, 0.05) is 34.4 Å². The molecule has 5 rings (SSSR count). The summed E-state index contributed by atoms with van der Waals surface area (Å²) in [6, 6.07) is 18.6. The Kier molecular flexibility index (Phi) is 5.45. The van der Waals surface area contributed by atoms with Crippen LogP contribution in [0.15, 0.2) is 66.0 Å². The molecule has 1 saturated carbocycles. The number of aromatic amines is 1. The van der Waals surface area contributed by atoms with E-state index in [1.54, 1.807) is 11.8 Å². The van der Waals surface area contributed by atoms with E-state index >= 15 is 0 Å². The summed E-state index contributed by atoms with van der Waals surface area (Å²) in [6.45, 7) is 4.23. The second-order valence-electron chi connectivity index (χ2n) is 8.39. The van der Waals surface area contributed by atoms with Crippen LogP contribution < -0.4 is 0 Å². The summed E-state index contributed by atoms with van der Waals surface area (Å²) in [5.74, 6) is 0.116. The number of benzene rings is 2. The predicted octanol–water partition coefficient (Wildman–Crippen LogP) is 6.81. The molecule has 2 aromatic heterocycles. The standard InChI is InChI=1S/C26H27N3OS/c1-17-18(2)29(20-12-6-7-13-20)26(28-17)31-25(19-10-4-3-5-11-19)24(30)22-16-27-23-15-9-8-14-21(22)23/h3-5,8-11,14-16,20,25,27H,6-7,12-13H2,1-2H3. The Morgan fingerprint density at radius 2 is 1.77 bits per heavy atom. The van der Waals surface area contributed by atoms with Crippen LogP contribution in [0.1, 0.15) is 64.3 Å². The van der Waals surface area contributed by atoms with Gasteiger partial charge < -0.3 is 9.55 Å². The number of Topliss-reactive ketones (excluding diaryl/α,β-unsaturated/α-hetero) is 1. The van der Waals surface area contributed by atoms with Gasteiger partial charge in [-0.3, -0.25) is 4.79 Å². The quantitative estimate of drug-likeness (QED) is 0.270. The molecule has 2 aromatic carbocycles. The Balaban J connectivity index is 1.57. The van der Waals surface area contributed by atoms with Gasteiger partial charge in [-0.1, -0.05) is 73.1 Å². The summed E-state index contributed by atoms with van der Waals surface area (Å²) >= 11 is 1.59. The van der Waals surface area contributed by atoms with Crippen LogP contribution in [0.4, 0.5) is 0 Å². The number of fused-ring (bicyclic) bond motifs is 1. The number of nitrogens with one attached hydrogen (secondary N) is 1. The van der Waals surface area contributed by atoms with Crippen molar-refractivity contribution in [3.05, 3.63) is 83.3 Å². The molecule has 0 spiro atoms. The third-order valence-electron chi connectivity index (χ3n) is 6.46. The van der Waals surface area contributed by atoms with Crippen molar-refractivity contribution >= 4 is 28.4 Å². The number of carbonyl (C=O) groups is 1. The monoisotopic (exact) mass is 429 g/mol. The Hall–Kier alpha value is -2.79. The van der Waals surface area contributed by atoms with E-state index in [1.807, 2.05) is 60.8 Å². The lowest BCUT2D eigenvalue weighted by Gasteiger charge is -2.20. The molecule has 31 heavy (non-hydrogen) atoms. The van der Waals surface area contributed by atoms with Crippen molar-refractivity contribution in [1.29, 1.82) is 0 Å². The van der Waals surface area contributed by atoms with Gasteiger partial charge in [0.25, 0.3) is 0 Å². The number of ketones is 1. The molecular formula is C26H27N3OS. The first-order valence-corrected chi connectivity index (χ1v) is 11.9. The second-order valence-corrected chi connectivity index (χ2v) is 9.47. The van der Waals surface area contributed by atoms with Gasteiger partial charge in [0.15, 0.2) is 10.9 Å². The van der Waals surface area contributed by atoms with Crippen molar-refractivity contribution < 1.29 is 4.79 Å². The van der Waals surface area contributed by atoms with Crippen LogP contribution in [0.3, 0.4) is 0 Å². The van der Waals surface area contributed by atoms with Crippen molar-refractivity contribution in [3.8, 4) is 0 Å². The van der Waals surface area contributed by atoms with E-state index in [0.29, 0.717) is 6.04 Å². The molecule has 0 radical (unpaired) electrons. The van der Waals surface area contributed by atoms with E-state index in [-0.39, 0.29) is 11.0 Å². The Labute approximate surface area is 187 Å². The zero-order valence-electron chi connectivity index (χ0n) is 18.0. The normalized spacial score (nSPS) is 15.5. The minimum Gasteiger partial charge on any atom is -0.360 e. The minimum atomic E-state index is -0.346. The molecule has 1 unspecified atom stereocenters. The van der Waals surface area contributed by atoms with E-state index in [1.165, 1.54) is 31.4 Å². The molecule has 0 saturated heterocycles. The average molecular weight is 430 g/mol. The zero-order valence-corrected chi connectivity index (χ0v) is 18.8. The van der Waals surface area contributed by atoms with Crippen molar-refractivity contribution in [2.45, 2.75) is 56.0 Å². The molecule has 1 N–H and O–H groups in total. The molecule has 1 atom stereocenters. The van der Waals surface area contributed by atoms with Crippen molar-refractivity contribution in [1.82, 2.24) is 14.5 Å². The first kappa shape index (κ1) is 20.1. The number of hydrogen-bond donors (Lipinski definition) is 1. The summed E-state index contributed by atoms with van der Waals surface area (Å²) in [5.41, 5.74) is 5.02. The zero-order chi connectivity index (χ0) is 21.4. The molecule has 1 aliphatic rings. The van der Waals surface area contributed by atoms with E-state index in [9.17, 15) is 4.79 Å². The van der Waals surface area contributed by atoms with Crippen LogP contribution in [0.2, 0.25) is 0 Å². The maximum absolute atomic E-state index is 13.9. The number of aromatic nitrogens is 3. The van der Waals surface area contributed by atoms with Gasteiger partial charge in [-0.2, -0.15) is 0 Å². The van der Waals surface area contributed by atoms with Gasteiger partial charge in [0.2, 0.25) is 0 Å². The van der Waals surface area contributed by atoms with Crippen LogP contribution in [0.25, 0.3) is 10.9 Å². The summed E-state index contributed by atoms with van der Waals surface area (Å²) in [6.07, 6.45) is 6.76. The van der Waals surface area contributed by atoms with E-state index < -0.39 is 0 Å². The topological polar surface area (TPSA) is 50.7 Å². The maximum atomic E-state index is 13.9. The van der Waals surface area contributed by atoms with Crippen LogP contribution in [0.5, 0.6) is 0 Å². The maximum Gasteiger partial charge on any atom is 0.182 e. The minimum absolute atomic E-state index is 0.116. The highest BCUT2D eigenvalue weighted by Crippen LogP contribution is 2.42. The molecule has 4 aromatic rings. The Morgan fingerprint density at radius 1 is 1.06 bits per heavy atom. The molecule has 4 nitrogen and oxygen atoms in total. The lowest BCUT2D eigenvalue weighted by atomic mass is 10.0. The summed E-state index contributed by atoms with van der Waals surface area (Å²) in [7, 11) is 0. The number of rotatable bonds is 6. The number of hydrogen-bond acceptors (Lipinski definition) is 3. The molecule has 2 heterocycles. The van der Waals surface area contributed by atoms with Gasteiger partial charge in [-0.15, -0.1) is 0 Å². The lowest BCUT2D eigenvalue weighted by Crippen LogP contribution is -2.13. The van der Waals surface area contributed by atoms with Gasteiger partial charge in [0.1, 0.15) is 5.25 Å². The highest BCUT2D eigenvalue weighted by molar-refractivity contribution is 8.00. The number of carbonyl (C=O) groups excluding carboxylic acids is 1. The number of H-pyrrole nitrogens is 1. The van der Waals surface area contributed by atoms with Crippen LogP contribution in [-0.2, 0) is 0 Å². The second kappa shape index (κ2) is 8.39. The smallest absolute Gasteiger partial charge is 0.182 e. The largest absolute Gasteiger partial charge is 0.360 e. The summed E-state index contributed by atoms with van der Waals surface area (Å²) in [4.78, 5) is 22.0. The Morgan fingerprint density at radius 3 is 2.55 bits per heavy atom. The fourth-order valence-corrected chi connectivity index (χ4v) is 6.02. The number of thioether (sulfide) groups is 1.